The molecule has 0 aliphatic carbocycles. The molecule has 0 aromatic carbocycles. The number of halogens is 1. The van der Waals surface area contributed by atoms with Gasteiger partial charge in [0.05, 0.1) is 0 Å². The van der Waals surface area contributed by atoms with E-state index in [4.69, 9.17) is 0 Å². The molecule has 1 saturated heterocycles. The quantitative estimate of drug-likeness (QED) is 0.903. The second kappa shape index (κ2) is 5.64. The maximum Gasteiger partial charge on any atom is 0.244 e. The van der Waals surface area contributed by atoms with Gasteiger partial charge in [0.1, 0.15) is 4.90 Å². The summed E-state index contributed by atoms with van der Waals surface area (Å²) in [5.74, 6) is 0. The number of likely N-dealkylation sites (N-methyl/N-ethyl adjacent to an activating group) is 1. The Morgan fingerprint density at radius 1 is 1.50 bits per heavy atom. The third kappa shape index (κ3) is 2.90. The maximum atomic E-state index is 12.4. The van der Waals surface area contributed by atoms with Crippen molar-refractivity contribution in [3.05, 3.63) is 22.9 Å². The van der Waals surface area contributed by atoms with Crippen molar-refractivity contribution in [1.29, 1.82) is 0 Å². The third-order valence-electron chi connectivity index (χ3n) is 3.11. The number of pyridine rings is 1. The van der Waals surface area contributed by atoms with Crippen molar-refractivity contribution >= 4 is 26.0 Å². The molecule has 2 heterocycles. The molecular weight excluding hydrogens is 318 g/mol. The number of sulfonamides is 1. The van der Waals surface area contributed by atoms with Crippen molar-refractivity contribution in [2.24, 2.45) is 0 Å². The highest BCUT2D eigenvalue weighted by Gasteiger charge is 2.29. The zero-order chi connectivity index (χ0) is 13.2. The van der Waals surface area contributed by atoms with E-state index in [1.807, 2.05) is 7.05 Å². The number of rotatable bonds is 3. The van der Waals surface area contributed by atoms with Crippen LogP contribution < -0.4 is 5.32 Å². The standard InChI is InChI=1S/C11H16BrN3O2S/c1-13-10-3-2-4-15(8-10)18(16,17)11-5-9(12)6-14-7-11/h5-7,10,13H,2-4,8H2,1H3/t10-/m0/s1. The molecule has 0 amide bonds. The second-order valence-corrected chi connectivity index (χ2v) is 7.18. The predicted molar refractivity (Wildman–Crippen MR) is 72.8 cm³/mol. The smallest absolute Gasteiger partial charge is 0.244 e. The first-order valence-electron chi connectivity index (χ1n) is 5.82. The molecular formula is C11H16BrN3O2S. The average Bonchev–Trinajstić information content (AvgIpc) is 2.39. The minimum atomic E-state index is -3.43. The van der Waals surface area contributed by atoms with Crippen molar-refractivity contribution in [2.75, 3.05) is 20.1 Å². The molecule has 1 aliphatic heterocycles. The molecule has 1 atom stereocenters. The van der Waals surface area contributed by atoms with E-state index in [0.29, 0.717) is 17.6 Å². The van der Waals surface area contributed by atoms with E-state index in [0.717, 1.165) is 12.8 Å². The lowest BCUT2D eigenvalue weighted by atomic mass is 10.1. The first kappa shape index (κ1) is 13.9. The van der Waals surface area contributed by atoms with Crippen LogP contribution in [-0.2, 0) is 10.0 Å². The molecule has 7 heteroatoms. The van der Waals surface area contributed by atoms with Gasteiger partial charge in [-0.2, -0.15) is 4.31 Å². The van der Waals surface area contributed by atoms with Crippen LogP contribution in [0.1, 0.15) is 12.8 Å². The van der Waals surface area contributed by atoms with E-state index in [1.54, 1.807) is 12.3 Å². The summed E-state index contributed by atoms with van der Waals surface area (Å²) in [5, 5.41) is 3.14. The van der Waals surface area contributed by atoms with Crippen LogP contribution in [0.4, 0.5) is 0 Å². The van der Waals surface area contributed by atoms with Gasteiger partial charge in [0.2, 0.25) is 10.0 Å². The Morgan fingerprint density at radius 2 is 2.28 bits per heavy atom. The van der Waals surface area contributed by atoms with Crippen LogP contribution >= 0.6 is 15.9 Å². The number of hydrogen-bond donors (Lipinski definition) is 1. The molecule has 100 valence electrons. The van der Waals surface area contributed by atoms with Gasteiger partial charge in [-0.3, -0.25) is 4.98 Å². The maximum absolute atomic E-state index is 12.4. The van der Waals surface area contributed by atoms with Crippen molar-refractivity contribution < 1.29 is 8.42 Å². The fraction of sp³-hybridized carbons (Fsp3) is 0.545. The minimum absolute atomic E-state index is 0.230. The summed E-state index contributed by atoms with van der Waals surface area (Å²) in [7, 11) is -1.56. The Balaban J connectivity index is 2.25. The van der Waals surface area contributed by atoms with E-state index in [9.17, 15) is 8.42 Å². The monoisotopic (exact) mass is 333 g/mol. The molecule has 2 rings (SSSR count). The highest BCUT2D eigenvalue weighted by atomic mass is 79.9. The molecule has 1 aliphatic rings. The Kier molecular flexibility index (Phi) is 4.37. The normalized spacial score (nSPS) is 22.0. The lowest BCUT2D eigenvalue weighted by Crippen LogP contribution is -2.46. The zero-order valence-corrected chi connectivity index (χ0v) is 12.5. The van der Waals surface area contributed by atoms with Crippen LogP contribution in [0.15, 0.2) is 27.8 Å². The average molecular weight is 334 g/mol. The minimum Gasteiger partial charge on any atom is -0.316 e. The van der Waals surface area contributed by atoms with Gasteiger partial charge in [0, 0.05) is 36.0 Å². The summed E-state index contributed by atoms with van der Waals surface area (Å²) in [5.41, 5.74) is 0. The number of hydrogen-bond acceptors (Lipinski definition) is 4. The highest BCUT2D eigenvalue weighted by molar-refractivity contribution is 9.10. The van der Waals surface area contributed by atoms with Crippen LogP contribution in [0.5, 0.6) is 0 Å². The van der Waals surface area contributed by atoms with Crippen LogP contribution in [-0.4, -0.2) is 43.9 Å². The second-order valence-electron chi connectivity index (χ2n) is 4.33. The summed E-state index contributed by atoms with van der Waals surface area (Å²) < 4.78 is 27.1. The summed E-state index contributed by atoms with van der Waals surface area (Å²) in [4.78, 5) is 4.16. The van der Waals surface area contributed by atoms with E-state index in [2.05, 4.69) is 26.2 Å². The number of nitrogens with one attached hydrogen (secondary N) is 1. The van der Waals surface area contributed by atoms with Crippen molar-refractivity contribution in [3.63, 3.8) is 0 Å². The molecule has 5 nitrogen and oxygen atoms in total. The first-order valence-corrected chi connectivity index (χ1v) is 8.05. The van der Waals surface area contributed by atoms with Crippen molar-refractivity contribution in [1.82, 2.24) is 14.6 Å². The Labute approximate surface area is 116 Å². The van der Waals surface area contributed by atoms with Gasteiger partial charge < -0.3 is 5.32 Å². The van der Waals surface area contributed by atoms with Crippen molar-refractivity contribution in [3.8, 4) is 0 Å². The topological polar surface area (TPSA) is 62.3 Å². The van der Waals surface area contributed by atoms with Crippen molar-refractivity contribution in [2.45, 2.75) is 23.8 Å². The summed E-state index contributed by atoms with van der Waals surface area (Å²) >= 11 is 3.25. The number of piperidine rings is 1. The fourth-order valence-corrected chi connectivity index (χ4v) is 4.11. The Hall–Kier alpha value is -0.500. The molecule has 1 N–H and O–H groups in total. The van der Waals surface area contributed by atoms with Gasteiger partial charge in [0.25, 0.3) is 0 Å². The van der Waals surface area contributed by atoms with E-state index >= 15 is 0 Å². The summed E-state index contributed by atoms with van der Waals surface area (Å²) in [6.07, 6.45) is 4.86. The Morgan fingerprint density at radius 3 is 2.94 bits per heavy atom. The first-order chi connectivity index (χ1) is 8.54. The molecule has 0 saturated carbocycles. The molecule has 0 radical (unpaired) electrons. The van der Waals surface area contributed by atoms with Crippen LogP contribution in [0.25, 0.3) is 0 Å². The molecule has 1 aromatic rings. The van der Waals surface area contributed by atoms with Crippen LogP contribution in [0.2, 0.25) is 0 Å². The van der Waals surface area contributed by atoms with Crippen LogP contribution in [0.3, 0.4) is 0 Å². The van der Waals surface area contributed by atoms with Gasteiger partial charge in [0.15, 0.2) is 0 Å². The molecule has 0 spiro atoms. The van der Waals surface area contributed by atoms with E-state index in [1.165, 1.54) is 10.5 Å². The largest absolute Gasteiger partial charge is 0.316 e. The Bertz CT molecular complexity index is 521. The van der Waals surface area contributed by atoms with E-state index < -0.39 is 10.0 Å². The molecule has 1 aromatic heterocycles. The molecule has 18 heavy (non-hydrogen) atoms. The zero-order valence-electron chi connectivity index (χ0n) is 10.1. The van der Waals surface area contributed by atoms with Crippen LogP contribution in [0, 0.1) is 0 Å². The van der Waals surface area contributed by atoms with Gasteiger partial charge in [-0.1, -0.05) is 0 Å². The predicted octanol–water partition coefficient (Wildman–Crippen LogP) is 1.22. The fourth-order valence-electron chi connectivity index (χ4n) is 2.08. The molecule has 0 unspecified atom stereocenters. The summed E-state index contributed by atoms with van der Waals surface area (Å²) in [6.45, 7) is 1.10. The molecule has 1 fully saturated rings. The van der Waals surface area contributed by atoms with Gasteiger partial charge in [-0.15, -0.1) is 0 Å². The summed E-state index contributed by atoms with van der Waals surface area (Å²) in [6, 6.07) is 1.82. The highest BCUT2D eigenvalue weighted by Crippen LogP contribution is 2.22. The third-order valence-corrected chi connectivity index (χ3v) is 5.37. The van der Waals surface area contributed by atoms with Gasteiger partial charge in [-0.25, -0.2) is 8.42 Å². The van der Waals surface area contributed by atoms with E-state index in [-0.39, 0.29) is 10.9 Å². The SMILES string of the molecule is CN[C@H]1CCCN(S(=O)(=O)c2cncc(Br)c2)C1. The number of nitrogens with zero attached hydrogens (tertiary/aromatic N) is 2. The van der Waals surface area contributed by atoms with Gasteiger partial charge in [-0.05, 0) is 41.9 Å². The number of aromatic nitrogens is 1. The lowest BCUT2D eigenvalue weighted by molar-refractivity contribution is 0.293. The molecule has 0 bridgehead atoms. The van der Waals surface area contributed by atoms with Gasteiger partial charge >= 0.3 is 0 Å². The lowest BCUT2D eigenvalue weighted by Gasteiger charge is -2.31.